The van der Waals surface area contributed by atoms with Crippen LogP contribution in [0.2, 0.25) is 5.02 Å². The number of likely N-dealkylation sites (tertiary alicyclic amines) is 1. The normalized spacial score (nSPS) is 17.1. The second-order valence-electron chi connectivity index (χ2n) is 14.4. The number of hydrogen-bond acceptors (Lipinski definition) is 11. The van der Waals surface area contributed by atoms with Crippen molar-refractivity contribution in [3.63, 3.8) is 0 Å². The Balaban J connectivity index is 1.31. The van der Waals surface area contributed by atoms with Crippen LogP contribution in [0.3, 0.4) is 0 Å². The number of rotatable bonds is 13. The Kier molecular flexibility index (Phi) is 12.1. The van der Waals surface area contributed by atoms with Crippen LogP contribution in [0.5, 0.6) is 11.5 Å². The first-order valence-electron chi connectivity index (χ1n) is 17.7. The van der Waals surface area contributed by atoms with Crippen LogP contribution in [-0.4, -0.2) is 79.0 Å². The topological polar surface area (TPSA) is 143 Å². The number of hydrogen-bond donors (Lipinski definition) is 2. The summed E-state index contributed by atoms with van der Waals surface area (Å²) in [7, 11) is -1.63. The highest BCUT2D eigenvalue weighted by Crippen LogP contribution is 2.39. The monoisotopic (exact) mass is 823 g/mol. The maximum atomic E-state index is 16.2. The number of β-amino-alcohol motifs (C(OH)–C–C–N with tert-alkyl or cyclic N) is 1. The summed E-state index contributed by atoms with van der Waals surface area (Å²) in [6, 6.07) is 20.4. The third-order valence-electron chi connectivity index (χ3n) is 9.28. The number of methoxy groups -OCH3 is 2. The van der Waals surface area contributed by atoms with Gasteiger partial charge in [0.2, 0.25) is 0 Å². The minimum atomic E-state index is -4.58. The quantitative estimate of drug-likeness (QED) is 0.121. The number of ether oxygens (including phenoxy) is 3. The number of benzene rings is 3. The fraction of sp³-hybridized carbons (Fsp3) is 0.325. The maximum absolute atomic E-state index is 16.2. The predicted octanol–water partition coefficient (Wildman–Crippen LogP) is 7.81. The third-order valence-corrected chi connectivity index (χ3v) is 12.3. The zero-order valence-electron chi connectivity index (χ0n) is 31.5. The lowest BCUT2D eigenvalue weighted by atomic mass is 9.87. The SMILES string of the molecule is COc1ccc(CN(c2nccs2)S(=O)(=O)c2cc(Cl)c(NCC3(Cc4ccc(-c5ccccn5)cc4)CC(O)CN3C(=O)OC(C)(C)C)cc2F)c(OC)c1. The highest BCUT2D eigenvalue weighted by Gasteiger charge is 2.49. The molecule has 2 unspecified atom stereocenters. The van der Waals surface area contributed by atoms with Gasteiger partial charge in [-0.1, -0.05) is 41.9 Å². The van der Waals surface area contributed by atoms with Crippen molar-refractivity contribution in [3.05, 3.63) is 113 Å². The number of pyridine rings is 1. The number of carbonyl (C=O) groups excluding carboxylic acids is 1. The van der Waals surface area contributed by atoms with E-state index in [0.717, 1.165) is 44.6 Å². The number of carbonyl (C=O) groups is 1. The number of sulfonamides is 1. The van der Waals surface area contributed by atoms with Gasteiger partial charge in [0.15, 0.2) is 5.13 Å². The van der Waals surface area contributed by atoms with E-state index < -0.39 is 44.1 Å². The lowest BCUT2D eigenvalue weighted by Gasteiger charge is -2.39. The van der Waals surface area contributed by atoms with Gasteiger partial charge < -0.3 is 24.6 Å². The Morgan fingerprint density at radius 1 is 1.07 bits per heavy atom. The number of nitrogens with one attached hydrogen (secondary N) is 1. The van der Waals surface area contributed by atoms with Crippen LogP contribution in [-0.2, 0) is 27.7 Å². The second-order valence-corrected chi connectivity index (χ2v) is 17.5. The molecule has 296 valence electrons. The molecule has 5 aromatic rings. The van der Waals surface area contributed by atoms with Crippen molar-refractivity contribution in [2.24, 2.45) is 0 Å². The van der Waals surface area contributed by atoms with Crippen molar-refractivity contribution in [2.75, 3.05) is 36.9 Å². The van der Waals surface area contributed by atoms with Crippen LogP contribution in [0.15, 0.2) is 95.5 Å². The smallest absolute Gasteiger partial charge is 0.410 e. The molecule has 16 heteroatoms. The largest absolute Gasteiger partial charge is 0.497 e. The average Bonchev–Trinajstić information content (AvgIpc) is 3.82. The highest BCUT2D eigenvalue weighted by molar-refractivity contribution is 7.93. The molecule has 0 saturated carbocycles. The first kappa shape index (κ1) is 40.7. The van der Waals surface area contributed by atoms with Gasteiger partial charge in [0, 0.05) is 47.9 Å². The maximum Gasteiger partial charge on any atom is 0.410 e. The summed E-state index contributed by atoms with van der Waals surface area (Å²) in [4.78, 5) is 23.2. The van der Waals surface area contributed by atoms with E-state index in [0.29, 0.717) is 23.5 Å². The fourth-order valence-corrected chi connectivity index (χ4v) is 9.32. The lowest BCUT2D eigenvalue weighted by Crippen LogP contribution is -2.54. The summed E-state index contributed by atoms with van der Waals surface area (Å²) in [6.45, 7) is 5.07. The van der Waals surface area contributed by atoms with E-state index in [9.17, 15) is 18.3 Å². The molecule has 6 rings (SSSR count). The molecule has 1 aliphatic rings. The van der Waals surface area contributed by atoms with Crippen molar-refractivity contribution in [1.82, 2.24) is 14.9 Å². The molecule has 2 N–H and O–H groups in total. The molecule has 0 aliphatic carbocycles. The van der Waals surface area contributed by atoms with Crippen molar-refractivity contribution < 1.29 is 36.9 Å². The standard InChI is InChI=1S/C40H43ClFN5O7S2/c1-39(2,3)54-38(49)46-24-29(48)22-40(46,21-26-9-11-27(12-10-26)33-8-6-7-15-43-33)25-45-34-20-32(42)36(19-31(34)41)56(50,51)47(37-44-16-17-55-37)23-28-13-14-30(52-4)18-35(28)53-5/h6-20,29,45,48H,21-25H2,1-5H3. The first-order valence-corrected chi connectivity index (χ1v) is 20.4. The number of aliphatic hydroxyl groups is 1. The number of anilines is 2. The van der Waals surface area contributed by atoms with Gasteiger partial charge in [0.1, 0.15) is 27.8 Å². The third kappa shape index (κ3) is 9.02. The number of nitrogens with zero attached hydrogens (tertiary/aromatic N) is 4. The van der Waals surface area contributed by atoms with Crippen LogP contribution in [0.1, 0.15) is 38.3 Å². The van der Waals surface area contributed by atoms with Gasteiger partial charge in [-0.15, -0.1) is 11.3 Å². The molecule has 2 aromatic heterocycles. The minimum Gasteiger partial charge on any atom is -0.497 e. The molecule has 1 fully saturated rings. The number of aliphatic hydroxyl groups excluding tert-OH is 1. The molecule has 2 atom stereocenters. The molecule has 1 amide bonds. The number of amides is 1. The van der Waals surface area contributed by atoms with Gasteiger partial charge in [-0.2, -0.15) is 0 Å². The Labute approximate surface area is 334 Å². The Morgan fingerprint density at radius 3 is 2.48 bits per heavy atom. The zero-order valence-corrected chi connectivity index (χ0v) is 33.9. The summed E-state index contributed by atoms with van der Waals surface area (Å²) in [5, 5.41) is 15.8. The van der Waals surface area contributed by atoms with E-state index in [1.54, 1.807) is 50.5 Å². The van der Waals surface area contributed by atoms with E-state index in [-0.39, 0.29) is 41.9 Å². The average molecular weight is 824 g/mol. The fourth-order valence-electron chi connectivity index (χ4n) is 6.68. The van der Waals surface area contributed by atoms with Crippen molar-refractivity contribution in [2.45, 2.75) is 62.3 Å². The predicted molar refractivity (Wildman–Crippen MR) is 215 cm³/mol. The molecule has 1 aliphatic heterocycles. The van der Waals surface area contributed by atoms with Crippen molar-refractivity contribution in [1.29, 1.82) is 0 Å². The molecular formula is C40H43ClFN5O7S2. The van der Waals surface area contributed by atoms with Crippen molar-refractivity contribution >= 4 is 49.9 Å². The summed E-state index contributed by atoms with van der Waals surface area (Å²) in [5.41, 5.74) is 1.29. The summed E-state index contributed by atoms with van der Waals surface area (Å²) < 4.78 is 62.3. The zero-order chi connectivity index (χ0) is 40.3. The molecule has 0 spiro atoms. The second kappa shape index (κ2) is 16.6. The minimum absolute atomic E-state index is 0.00740. The molecule has 56 heavy (non-hydrogen) atoms. The van der Waals surface area contributed by atoms with E-state index in [2.05, 4.69) is 15.3 Å². The first-order chi connectivity index (χ1) is 26.6. The van der Waals surface area contributed by atoms with Gasteiger partial charge in [0.25, 0.3) is 10.0 Å². The van der Waals surface area contributed by atoms with Gasteiger partial charge in [-0.25, -0.2) is 26.9 Å². The van der Waals surface area contributed by atoms with Gasteiger partial charge in [0.05, 0.1) is 55.4 Å². The number of thiazole rings is 1. The van der Waals surface area contributed by atoms with Gasteiger partial charge >= 0.3 is 6.09 Å². The number of halogens is 2. The van der Waals surface area contributed by atoms with Crippen LogP contribution in [0.4, 0.5) is 20.0 Å². The Hall–Kier alpha value is -4.96. The van der Waals surface area contributed by atoms with Crippen molar-refractivity contribution in [3.8, 4) is 22.8 Å². The van der Waals surface area contributed by atoms with E-state index in [4.69, 9.17) is 25.8 Å². The number of aromatic nitrogens is 2. The molecule has 1 saturated heterocycles. The van der Waals surface area contributed by atoms with Gasteiger partial charge in [-0.05, 0) is 69.2 Å². The van der Waals surface area contributed by atoms with E-state index in [1.807, 2.05) is 42.5 Å². The van der Waals surface area contributed by atoms with Crippen LogP contribution in [0, 0.1) is 5.82 Å². The molecule has 0 radical (unpaired) electrons. The molecule has 3 heterocycles. The Morgan fingerprint density at radius 2 is 1.84 bits per heavy atom. The van der Waals surface area contributed by atoms with Gasteiger partial charge in [-0.3, -0.25) is 9.88 Å². The summed E-state index contributed by atoms with van der Waals surface area (Å²) in [6.07, 6.45) is 2.15. The van der Waals surface area contributed by atoms with Crippen LogP contribution in [0.25, 0.3) is 11.3 Å². The summed E-state index contributed by atoms with van der Waals surface area (Å²) >= 11 is 7.81. The molecule has 0 bridgehead atoms. The highest BCUT2D eigenvalue weighted by atomic mass is 35.5. The Bertz CT molecular complexity index is 2260. The lowest BCUT2D eigenvalue weighted by molar-refractivity contribution is 0.00895. The summed E-state index contributed by atoms with van der Waals surface area (Å²) in [5.74, 6) is -0.179. The van der Waals surface area contributed by atoms with E-state index in [1.165, 1.54) is 25.3 Å². The van der Waals surface area contributed by atoms with E-state index >= 15 is 4.39 Å². The van der Waals surface area contributed by atoms with Crippen LogP contribution < -0.4 is 19.1 Å². The molecular weight excluding hydrogens is 781 g/mol. The molecule has 3 aromatic carbocycles. The van der Waals surface area contributed by atoms with Crippen LogP contribution >= 0.6 is 22.9 Å². The molecule has 12 nitrogen and oxygen atoms in total.